The van der Waals surface area contributed by atoms with Gasteiger partial charge in [-0.2, -0.15) is 0 Å². The van der Waals surface area contributed by atoms with Gasteiger partial charge in [-0.15, -0.1) is 0 Å². The number of Topliss-reactive ketones (excluding diaryl/α,β-unsaturated/α-hetero) is 1. The Hall–Kier alpha value is -1.16. The zero-order valence-corrected chi connectivity index (χ0v) is 14.1. The fourth-order valence-electron chi connectivity index (χ4n) is 2.88. The van der Waals surface area contributed by atoms with Crippen LogP contribution in [0.3, 0.4) is 0 Å². The van der Waals surface area contributed by atoms with Crippen molar-refractivity contribution in [2.45, 2.75) is 39.0 Å². The summed E-state index contributed by atoms with van der Waals surface area (Å²) in [4.78, 5) is 26.2. The monoisotopic (exact) mass is 351 g/mol. The minimum absolute atomic E-state index is 0.0126. The van der Waals surface area contributed by atoms with Crippen molar-refractivity contribution in [1.29, 1.82) is 0 Å². The van der Waals surface area contributed by atoms with Crippen LogP contribution in [-0.4, -0.2) is 29.7 Å². The van der Waals surface area contributed by atoms with Gasteiger partial charge in [0.2, 0.25) is 5.91 Å². The summed E-state index contributed by atoms with van der Waals surface area (Å²) in [6.45, 7) is 3.10. The number of ketones is 1. The molecule has 3 nitrogen and oxygen atoms in total. The maximum absolute atomic E-state index is 12.3. The van der Waals surface area contributed by atoms with Crippen LogP contribution >= 0.6 is 15.9 Å². The molecule has 21 heavy (non-hydrogen) atoms. The topological polar surface area (TPSA) is 37.4 Å². The standard InChI is InChI=1S/C17H22BrNO2/c1-2-4-13-7-8-17(21)19(10-9-13)12-16(20)14-5-3-6-15(18)11-14/h3,5-6,11,13H,2,4,7-10,12H2,1H3. The van der Waals surface area contributed by atoms with Crippen molar-refractivity contribution >= 4 is 27.6 Å². The minimum atomic E-state index is 0.0126. The molecular weight excluding hydrogens is 330 g/mol. The van der Waals surface area contributed by atoms with E-state index in [0.717, 1.165) is 23.7 Å². The predicted molar refractivity (Wildman–Crippen MR) is 87.3 cm³/mol. The maximum Gasteiger partial charge on any atom is 0.222 e. The summed E-state index contributed by atoms with van der Waals surface area (Å²) in [5.74, 6) is 0.764. The van der Waals surface area contributed by atoms with E-state index in [0.29, 0.717) is 24.4 Å². The Balaban J connectivity index is 1.98. The number of amides is 1. The third kappa shape index (κ3) is 4.67. The van der Waals surface area contributed by atoms with Crippen molar-refractivity contribution in [2.24, 2.45) is 5.92 Å². The number of nitrogens with zero attached hydrogens (tertiary/aromatic N) is 1. The van der Waals surface area contributed by atoms with Gasteiger partial charge in [0.25, 0.3) is 0 Å². The SMILES string of the molecule is CCCC1CCC(=O)N(CC(=O)c2cccc(Br)c2)CC1. The lowest BCUT2D eigenvalue weighted by atomic mass is 9.96. The smallest absolute Gasteiger partial charge is 0.222 e. The molecule has 2 rings (SSSR count). The highest BCUT2D eigenvalue weighted by Gasteiger charge is 2.24. The highest BCUT2D eigenvalue weighted by Crippen LogP contribution is 2.23. The number of benzene rings is 1. The highest BCUT2D eigenvalue weighted by molar-refractivity contribution is 9.10. The van der Waals surface area contributed by atoms with E-state index in [1.165, 1.54) is 6.42 Å². The van der Waals surface area contributed by atoms with Gasteiger partial charge in [0.15, 0.2) is 5.78 Å². The summed E-state index contributed by atoms with van der Waals surface area (Å²) in [5, 5.41) is 0. The van der Waals surface area contributed by atoms with E-state index in [2.05, 4.69) is 22.9 Å². The second-order valence-corrected chi connectivity index (χ2v) is 6.65. The van der Waals surface area contributed by atoms with Crippen molar-refractivity contribution < 1.29 is 9.59 Å². The van der Waals surface area contributed by atoms with Crippen LogP contribution in [0, 0.1) is 5.92 Å². The Morgan fingerprint density at radius 1 is 1.38 bits per heavy atom. The van der Waals surface area contributed by atoms with Gasteiger partial charge in [-0.25, -0.2) is 0 Å². The zero-order chi connectivity index (χ0) is 15.2. The van der Waals surface area contributed by atoms with Gasteiger partial charge >= 0.3 is 0 Å². The van der Waals surface area contributed by atoms with Crippen molar-refractivity contribution in [1.82, 2.24) is 4.90 Å². The normalized spacial score (nSPS) is 19.4. The second-order valence-electron chi connectivity index (χ2n) is 5.73. The van der Waals surface area contributed by atoms with E-state index in [1.54, 1.807) is 11.0 Å². The molecule has 0 aromatic heterocycles. The Morgan fingerprint density at radius 3 is 2.90 bits per heavy atom. The summed E-state index contributed by atoms with van der Waals surface area (Å²) in [7, 11) is 0. The Labute approximate surface area is 134 Å². The summed E-state index contributed by atoms with van der Waals surface area (Å²) in [6.07, 6.45) is 4.91. The molecule has 1 saturated heterocycles. The summed E-state index contributed by atoms with van der Waals surface area (Å²) >= 11 is 3.37. The van der Waals surface area contributed by atoms with E-state index < -0.39 is 0 Å². The Morgan fingerprint density at radius 2 is 2.19 bits per heavy atom. The second kappa shape index (κ2) is 7.74. The average molecular weight is 352 g/mol. The number of carbonyl (C=O) groups is 2. The average Bonchev–Trinajstić information content (AvgIpc) is 2.63. The van der Waals surface area contributed by atoms with Crippen LogP contribution in [0.4, 0.5) is 0 Å². The lowest BCUT2D eigenvalue weighted by Gasteiger charge is -2.20. The van der Waals surface area contributed by atoms with Crippen LogP contribution in [-0.2, 0) is 4.79 Å². The van der Waals surface area contributed by atoms with Gasteiger partial charge in [-0.1, -0.05) is 47.8 Å². The molecule has 1 aromatic rings. The fourth-order valence-corrected chi connectivity index (χ4v) is 3.28. The molecule has 0 bridgehead atoms. The van der Waals surface area contributed by atoms with Crippen molar-refractivity contribution in [3.8, 4) is 0 Å². The molecule has 0 spiro atoms. The van der Waals surface area contributed by atoms with Gasteiger partial charge in [0.1, 0.15) is 0 Å². The van der Waals surface area contributed by atoms with Gasteiger partial charge in [-0.3, -0.25) is 9.59 Å². The van der Waals surface area contributed by atoms with Crippen LogP contribution < -0.4 is 0 Å². The first-order valence-electron chi connectivity index (χ1n) is 7.66. The molecule has 0 radical (unpaired) electrons. The summed E-state index contributed by atoms with van der Waals surface area (Å²) < 4.78 is 0.888. The third-order valence-electron chi connectivity index (χ3n) is 4.10. The van der Waals surface area contributed by atoms with E-state index in [9.17, 15) is 9.59 Å². The van der Waals surface area contributed by atoms with Gasteiger partial charge < -0.3 is 4.90 Å². The molecule has 114 valence electrons. The molecule has 0 saturated carbocycles. The molecule has 0 N–H and O–H groups in total. The van der Waals surface area contributed by atoms with Crippen LogP contribution in [0.15, 0.2) is 28.7 Å². The number of rotatable bonds is 5. The number of likely N-dealkylation sites (tertiary alicyclic amines) is 1. The molecule has 4 heteroatoms. The number of carbonyl (C=O) groups excluding carboxylic acids is 2. The van der Waals surface area contributed by atoms with Gasteiger partial charge in [0.05, 0.1) is 6.54 Å². The number of hydrogen-bond donors (Lipinski definition) is 0. The van der Waals surface area contributed by atoms with Crippen molar-refractivity contribution in [3.63, 3.8) is 0 Å². The molecule has 1 unspecified atom stereocenters. The largest absolute Gasteiger partial charge is 0.335 e. The van der Waals surface area contributed by atoms with E-state index in [-0.39, 0.29) is 18.2 Å². The first-order chi connectivity index (χ1) is 10.1. The maximum atomic E-state index is 12.3. The molecule has 1 fully saturated rings. The molecule has 1 atom stereocenters. The minimum Gasteiger partial charge on any atom is -0.335 e. The Kier molecular flexibility index (Phi) is 5.97. The van der Waals surface area contributed by atoms with Crippen LogP contribution in [0.1, 0.15) is 49.4 Å². The summed E-state index contributed by atoms with van der Waals surface area (Å²) in [6, 6.07) is 7.35. The number of hydrogen-bond acceptors (Lipinski definition) is 2. The van der Waals surface area contributed by atoms with E-state index >= 15 is 0 Å². The summed E-state index contributed by atoms with van der Waals surface area (Å²) in [5.41, 5.74) is 0.659. The van der Waals surface area contributed by atoms with E-state index in [1.807, 2.05) is 18.2 Å². The predicted octanol–water partition coefficient (Wildman–Crippen LogP) is 4.06. The molecular formula is C17H22BrNO2. The van der Waals surface area contributed by atoms with Crippen LogP contribution in [0.2, 0.25) is 0 Å². The van der Waals surface area contributed by atoms with E-state index in [4.69, 9.17) is 0 Å². The first kappa shape index (κ1) is 16.2. The molecule has 0 aliphatic carbocycles. The van der Waals surface area contributed by atoms with Gasteiger partial charge in [0, 0.05) is 23.0 Å². The molecule has 1 aliphatic heterocycles. The molecule has 1 heterocycles. The Bertz CT molecular complexity index is 515. The van der Waals surface area contributed by atoms with Crippen LogP contribution in [0.5, 0.6) is 0 Å². The molecule has 1 aromatic carbocycles. The van der Waals surface area contributed by atoms with Crippen molar-refractivity contribution in [2.75, 3.05) is 13.1 Å². The van der Waals surface area contributed by atoms with Crippen LogP contribution in [0.25, 0.3) is 0 Å². The highest BCUT2D eigenvalue weighted by atomic mass is 79.9. The quantitative estimate of drug-likeness (QED) is 0.750. The lowest BCUT2D eigenvalue weighted by molar-refractivity contribution is -0.130. The number of halogens is 1. The zero-order valence-electron chi connectivity index (χ0n) is 12.5. The third-order valence-corrected chi connectivity index (χ3v) is 4.60. The lowest BCUT2D eigenvalue weighted by Crippen LogP contribution is -2.35. The molecule has 1 amide bonds. The van der Waals surface area contributed by atoms with Gasteiger partial charge in [-0.05, 0) is 30.9 Å². The fraction of sp³-hybridized carbons (Fsp3) is 0.529. The molecule has 1 aliphatic rings. The van der Waals surface area contributed by atoms with Crippen molar-refractivity contribution in [3.05, 3.63) is 34.3 Å². The first-order valence-corrected chi connectivity index (χ1v) is 8.46.